The third kappa shape index (κ3) is 5.35. The van der Waals surface area contributed by atoms with E-state index < -0.39 is 0 Å². The van der Waals surface area contributed by atoms with Crippen LogP contribution in [0.4, 0.5) is 0 Å². The van der Waals surface area contributed by atoms with Crippen molar-refractivity contribution >= 4 is 6.85 Å². The highest BCUT2D eigenvalue weighted by Crippen LogP contribution is 2.31. The van der Waals surface area contributed by atoms with Gasteiger partial charge in [0.15, 0.2) is 0 Å². The molecule has 2 heteroatoms. The minimum Gasteiger partial charge on any atom is -0.416 e. The van der Waals surface area contributed by atoms with Gasteiger partial charge in [-0.15, -0.1) is 0 Å². The van der Waals surface area contributed by atoms with Crippen molar-refractivity contribution in [1.82, 2.24) is 4.81 Å². The van der Waals surface area contributed by atoms with Crippen LogP contribution in [0.2, 0.25) is 12.6 Å². The quantitative estimate of drug-likeness (QED) is 0.512. The molecule has 0 amide bonds. The molecule has 22 heavy (non-hydrogen) atoms. The average Bonchev–Trinajstić information content (AvgIpc) is 2.58. The zero-order chi connectivity index (χ0) is 15.6. The molecular formula is C20H38BN. The number of allylic oxidation sites excluding steroid dienone is 2. The highest BCUT2D eigenvalue weighted by molar-refractivity contribution is 6.56. The molecule has 0 unspecified atom stereocenters. The van der Waals surface area contributed by atoms with E-state index in [1.165, 1.54) is 96.1 Å². The topological polar surface area (TPSA) is 3.24 Å². The molecule has 1 nitrogen and oxygen atoms in total. The maximum Gasteiger partial charge on any atom is 0.253 e. The second-order valence-electron chi connectivity index (χ2n) is 7.52. The van der Waals surface area contributed by atoms with Crippen LogP contribution >= 0.6 is 0 Å². The lowest BCUT2D eigenvalue weighted by Crippen LogP contribution is -2.46. The molecule has 0 atom stereocenters. The molecular weight excluding hydrogens is 265 g/mol. The third-order valence-electron chi connectivity index (χ3n) is 5.90. The van der Waals surface area contributed by atoms with Crippen molar-refractivity contribution in [3.05, 3.63) is 11.8 Å². The largest absolute Gasteiger partial charge is 0.416 e. The van der Waals surface area contributed by atoms with Crippen molar-refractivity contribution in [1.29, 1.82) is 0 Å². The molecule has 1 saturated carbocycles. The fourth-order valence-electron chi connectivity index (χ4n) is 4.57. The average molecular weight is 303 g/mol. The molecule has 1 fully saturated rings. The van der Waals surface area contributed by atoms with Gasteiger partial charge in [0.05, 0.1) is 0 Å². The van der Waals surface area contributed by atoms with E-state index in [-0.39, 0.29) is 0 Å². The van der Waals surface area contributed by atoms with Gasteiger partial charge in [0.2, 0.25) is 0 Å². The fraction of sp³-hybridized carbons (Fsp3) is 0.900. The Kier molecular flexibility index (Phi) is 8.48. The molecule has 0 saturated heterocycles. The first-order valence-corrected chi connectivity index (χ1v) is 10.3. The molecule has 0 N–H and O–H groups in total. The van der Waals surface area contributed by atoms with Gasteiger partial charge in [-0.1, -0.05) is 77.5 Å². The summed E-state index contributed by atoms with van der Waals surface area (Å²) >= 11 is 0. The molecule has 2 aliphatic carbocycles. The van der Waals surface area contributed by atoms with Crippen molar-refractivity contribution in [2.45, 2.75) is 116 Å². The molecule has 0 aromatic rings. The smallest absolute Gasteiger partial charge is 0.253 e. The summed E-state index contributed by atoms with van der Waals surface area (Å²) in [6.45, 7) is 5.56. The fourth-order valence-corrected chi connectivity index (χ4v) is 4.57. The Morgan fingerprint density at radius 2 is 1.45 bits per heavy atom. The van der Waals surface area contributed by atoms with E-state index in [2.05, 4.69) is 24.7 Å². The van der Waals surface area contributed by atoms with E-state index in [4.69, 9.17) is 0 Å². The summed E-state index contributed by atoms with van der Waals surface area (Å²) in [6, 6.07) is 0.841. The normalized spacial score (nSPS) is 24.4. The first-order valence-electron chi connectivity index (χ1n) is 10.3. The Labute approximate surface area is 140 Å². The molecule has 2 aliphatic rings. The molecule has 0 aliphatic heterocycles. The first-order chi connectivity index (χ1) is 10.9. The van der Waals surface area contributed by atoms with Crippen LogP contribution in [0.5, 0.6) is 0 Å². The summed E-state index contributed by atoms with van der Waals surface area (Å²) in [5, 5.41) is 0. The summed E-state index contributed by atoms with van der Waals surface area (Å²) in [4.78, 5) is 2.92. The number of hydrogen-bond acceptors (Lipinski definition) is 1. The minimum atomic E-state index is 0.775. The van der Waals surface area contributed by atoms with Gasteiger partial charge in [0, 0.05) is 6.04 Å². The van der Waals surface area contributed by atoms with Crippen LogP contribution in [0, 0.1) is 0 Å². The predicted molar refractivity (Wildman–Crippen MR) is 100 cm³/mol. The summed E-state index contributed by atoms with van der Waals surface area (Å²) in [6.07, 6.45) is 23.8. The summed E-state index contributed by atoms with van der Waals surface area (Å²) in [7, 11) is 0. The van der Waals surface area contributed by atoms with Crippen LogP contribution in [0.15, 0.2) is 11.8 Å². The molecule has 2 rings (SSSR count). The lowest BCUT2D eigenvalue weighted by atomic mass is 9.53. The van der Waals surface area contributed by atoms with Gasteiger partial charge in [0.25, 0.3) is 6.85 Å². The zero-order valence-electron chi connectivity index (χ0n) is 15.3. The van der Waals surface area contributed by atoms with Crippen LogP contribution in [0.25, 0.3) is 0 Å². The van der Waals surface area contributed by atoms with Crippen LogP contribution in [-0.4, -0.2) is 17.7 Å². The van der Waals surface area contributed by atoms with E-state index >= 15 is 0 Å². The van der Waals surface area contributed by atoms with Crippen molar-refractivity contribution in [2.75, 3.05) is 0 Å². The Morgan fingerprint density at radius 1 is 0.864 bits per heavy atom. The summed E-state index contributed by atoms with van der Waals surface area (Å²) in [5.41, 5.74) is 1.72. The van der Waals surface area contributed by atoms with E-state index in [0.717, 1.165) is 12.9 Å². The van der Waals surface area contributed by atoms with Crippen LogP contribution < -0.4 is 0 Å². The Hall–Kier alpha value is -0.395. The van der Waals surface area contributed by atoms with Gasteiger partial charge >= 0.3 is 0 Å². The maximum atomic E-state index is 2.92. The Bertz CT molecular complexity index is 316. The molecule has 0 aromatic heterocycles. The van der Waals surface area contributed by atoms with Gasteiger partial charge in [-0.3, -0.25) is 0 Å². The van der Waals surface area contributed by atoms with Crippen LogP contribution in [-0.2, 0) is 0 Å². The number of nitrogens with zero attached hydrogens (tertiary/aromatic N) is 1. The van der Waals surface area contributed by atoms with Gasteiger partial charge in [-0.25, -0.2) is 0 Å². The summed E-state index contributed by atoms with van der Waals surface area (Å²) < 4.78 is 0. The maximum absolute atomic E-state index is 2.92. The Morgan fingerprint density at radius 3 is 2.14 bits per heavy atom. The SMILES string of the molecule is CCB(CC)N(/C1=C/CCCCCCCC1)C1CCCCC1. The molecule has 0 heterocycles. The van der Waals surface area contributed by atoms with Gasteiger partial charge in [0.1, 0.15) is 0 Å². The zero-order valence-corrected chi connectivity index (χ0v) is 15.3. The van der Waals surface area contributed by atoms with Gasteiger partial charge < -0.3 is 4.81 Å². The molecule has 0 bridgehead atoms. The lowest BCUT2D eigenvalue weighted by Gasteiger charge is -2.42. The number of rotatable bonds is 5. The molecule has 0 spiro atoms. The highest BCUT2D eigenvalue weighted by atomic mass is 15.1. The van der Waals surface area contributed by atoms with Gasteiger partial charge in [-0.2, -0.15) is 0 Å². The van der Waals surface area contributed by atoms with Crippen molar-refractivity contribution in [3.63, 3.8) is 0 Å². The minimum absolute atomic E-state index is 0.775. The standard InChI is InChI=1S/C20H38BN/c1-3-21(4-2)22(20-17-13-10-14-18-20)19-15-11-8-6-5-7-9-12-16-19/h15,20H,3-14,16-18H2,1-2H3/b19-15+. The van der Waals surface area contributed by atoms with E-state index in [9.17, 15) is 0 Å². The van der Waals surface area contributed by atoms with E-state index in [0.29, 0.717) is 0 Å². The Balaban J connectivity index is 2.13. The molecule has 126 valence electrons. The lowest BCUT2D eigenvalue weighted by molar-refractivity contribution is 0.281. The van der Waals surface area contributed by atoms with Crippen LogP contribution in [0.1, 0.15) is 97.3 Å². The second kappa shape index (κ2) is 10.4. The van der Waals surface area contributed by atoms with Crippen LogP contribution in [0.3, 0.4) is 0 Å². The number of hydrogen-bond donors (Lipinski definition) is 0. The second-order valence-corrected chi connectivity index (χ2v) is 7.52. The predicted octanol–water partition coefficient (Wildman–Crippen LogP) is 6.67. The van der Waals surface area contributed by atoms with Crippen molar-refractivity contribution < 1.29 is 0 Å². The molecule has 0 aromatic carbocycles. The van der Waals surface area contributed by atoms with E-state index in [1.54, 1.807) is 5.70 Å². The summed E-state index contributed by atoms with van der Waals surface area (Å²) in [5.74, 6) is 0. The van der Waals surface area contributed by atoms with Crippen molar-refractivity contribution in [2.24, 2.45) is 0 Å². The van der Waals surface area contributed by atoms with Gasteiger partial charge in [-0.05, 0) is 44.2 Å². The molecule has 0 radical (unpaired) electrons. The monoisotopic (exact) mass is 303 g/mol. The van der Waals surface area contributed by atoms with E-state index in [1.807, 2.05) is 0 Å². The first kappa shape index (κ1) is 18.0. The highest BCUT2D eigenvalue weighted by Gasteiger charge is 2.29. The van der Waals surface area contributed by atoms with Crippen molar-refractivity contribution in [3.8, 4) is 0 Å². The third-order valence-corrected chi connectivity index (χ3v) is 5.90.